The van der Waals surface area contributed by atoms with E-state index < -0.39 is 11.9 Å². The summed E-state index contributed by atoms with van der Waals surface area (Å²) in [6, 6.07) is 11.0. The summed E-state index contributed by atoms with van der Waals surface area (Å²) in [5, 5.41) is 13.1. The number of benzene rings is 2. The molecule has 35 heavy (non-hydrogen) atoms. The number of aromatic hydroxyl groups is 1. The molecule has 1 aliphatic carbocycles. The Morgan fingerprint density at radius 2 is 1.77 bits per heavy atom. The van der Waals surface area contributed by atoms with E-state index in [1.165, 1.54) is 17.0 Å². The molecule has 0 bridgehead atoms. The SMILES string of the molecule is Cc1cccc(N(C(=O)c2nsc(Cl)c2Cl)[C@@H](C(=O)NC2CCCCC2)c2ccc(O)cc2)c1C. The molecule has 2 aromatic carbocycles. The minimum atomic E-state index is -1.01. The van der Waals surface area contributed by atoms with Crippen molar-refractivity contribution in [2.24, 2.45) is 0 Å². The van der Waals surface area contributed by atoms with Crippen molar-refractivity contribution in [1.82, 2.24) is 9.69 Å². The number of nitrogens with one attached hydrogen (secondary N) is 1. The molecule has 1 heterocycles. The first-order valence-corrected chi connectivity index (χ1v) is 13.1. The second kappa shape index (κ2) is 11.0. The van der Waals surface area contributed by atoms with Crippen LogP contribution in [0.5, 0.6) is 5.75 Å². The summed E-state index contributed by atoms with van der Waals surface area (Å²) in [7, 11) is 0. The van der Waals surface area contributed by atoms with Gasteiger partial charge in [-0.05, 0) is 73.1 Å². The van der Waals surface area contributed by atoms with Gasteiger partial charge in [-0.1, -0.05) is 66.7 Å². The van der Waals surface area contributed by atoms with Gasteiger partial charge in [0, 0.05) is 11.7 Å². The Labute approximate surface area is 219 Å². The summed E-state index contributed by atoms with van der Waals surface area (Å²) in [4.78, 5) is 29.4. The number of nitrogens with zero attached hydrogens (tertiary/aromatic N) is 2. The van der Waals surface area contributed by atoms with Gasteiger partial charge in [-0.3, -0.25) is 14.5 Å². The highest BCUT2D eigenvalue weighted by atomic mass is 35.5. The smallest absolute Gasteiger partial charge is 0.280 e. The zero-order chi connectivity index (χ0) is 25.1. The average molecular weight is 532 g/mol. The zero-order valence-corrected chi connectivity index (χ0v) is 21.9. The number of hydrogen-bond donors (Lipinski definition) is 2. The fraction of sp³-hybridized carbons (Fsp3) is 0.346. The van der Waals surface area contributed by atoms with E-state index in [1.807, 2.05) is 32.0 Å². The van der Waals surface area contributed by atoms with Crippen LogP contribution in [0.2, 0.25) is 9.36 Å². The van der Waals surface area contributed by atoms with Gasteiger partial charge in [-0.2, -0.15) is 4.37 Å². The second-order valence-corrected chi connectivity index (χ2v) is 10.6. The quantitative estimate of drug-likeness (QED) is 0.374. The maximum Gasteiger partial charge on any atom is 0.280 e. The molecule has 184 valence electrons. The number of rotatable bonds is 6. The highest BCUT2D eigenvalue weighted by molar-refractivity contribution is 7.11. The molecule has 9 heteroatoms. The summed E-state index contributed by atoms with van der Waals surface area (Å²) < 4.78 is 4.41. The number of carbonyl (C=O) groups excluding carboxylic acids is 2. The monoisotopic (exact) mass is 531 g/mol. The van der Waals surface area contributed by atoms with Crippen molar-refractivity contribution < 1.29 is 14.7 Å². The normalized spacial score (nSPS) is 15.0. The molecule has 0 saturated heterocycles. The molecule has 0 aliphatic heterocycles. The van der Waals surface area contributed by atoms with Crippen LogP contribution in [0.15, 0.2) is 42.5 Å². The second-order valence-electron chi connectivity index (χ2n) is 8.85. The van der Waals surface area contributed by atoms with Gasteiger partial charge < -0.3 is 10.4 Å². The van der Waals surface area contributed by atoms with E-state index in [0.29, 0.717) is 11.3 Å². The fourth-order valence-electron chi connectivity index (χ4n) is 4.47. The van der Waals surface area contributed by atoms with Gasteiger partial charge in [0.25, 0.3) is 5.91 Å². The van der Waals surface area contributed by atoms with Crippen LogP contribution < -0.4 is 10.2 Å². The Hall–Kier alpha value is -2.61. The Balaban J connectivity index is 1.86. The first kappa shape index (κ1) is 25.5. The lowest BCUT2D eigenvalue weighted by molar-refractivity contribution is -0.123. The van der Waals surface area contributed by atoms with E-state index in [0.717, 1.165) is 54.8 Å². The van der Waals surface area contributed by atoms with Crippen LogP contribution in [0.4, 0.5) is 5.69 Å². The maximum absolute atomic E-state index is 14.0. The number of aromatic nitrogens is 1. The highest BCUT2D eigenvalue weighted by Crippen LogP contribution is 2.37. The van der Waals surface area contributed by atoms with E-state index in [2.05, 4.69) is 9.69 Å². The number of anilines is 1. The van der Waals surface area contributed by atoms with Crippen LogP contribution in [0, 0.1) is 13.8 Å². The third kappa shape index (κ3) is 5.47. The van der Waals surface area contributed by atoms with E-state index in [-0.39, 0.29) is 32.8 Å². The van der Waals surface area contributed by atoms with E-state index >= 15 is 0 Å². The molecule has 0 spiro atoms. The lowest BCUT2D eigenvalue weighted by Crippen LogP contribution is -2.47. The molecule has 2 N–H and O–H groups in total. The van der Waals surface area contributed by atoms with Crippen molar-refractivity contribution >= 4 is 52.2 Å². The fourth-order valence-corrected chi connectivity index (χ4v) is 5.46. The summed E-state index contributed by atoms with van der Waals surface area (Å²) in [5.41, 5.74) is 2.96. The molecule has 0 radical (unpaired) electrons. The predicted molar refractivity (Wildman–Crippen MR) is 141 cm³/mol. The lowest BCUT2D eigenvalue weighted by Gasteiger charge is -2.34. The summed E-state index contributed by atoms with van der Waals surface area (Å²) >= 11 is 13.4. The lowest BCUT2D eigenvalue weighted by atomic mass is 9.94. The van der Waals surface area contributed by atoms with Crippen LogP contribution in [-0.4, -0.2) is 27.3 Å². The standard InChI is InChI=1S/C26H27Cl2N3O3S/c1-15-7-6-10-20(16(15)2)31(26(34)22-21(27)24(28)35-30-22)23(17-11-13-19(32)14-12-17)25(33)29-18-8-4-3-5-9-18/h6-7,10-14,18,23,32H,3-5,8-9H2,1-2H3,(H,29,33)/t23-/m1/s1. The largest absolute Gasteiger partial charge is 0.508 e. The Morgan fingerprint density at radius 3 is 2.40 bits per heavy atom. The Kier molecular flexibility index (Phi) is 7.99. The highest BCUT2D eigenvalue weighted by Gasteiger charge is 2.37. The number of carbonyl (C=O) groups is 2. The van der Waals surface area contributed by atoms with E-state index in [9.17, 15) is 14.7 Å². The van der Waals surface area contributed by atoms with Gasteiger partial charge in [0.05, 0.1) is 0 Å². The van der Waals surface area contributed by atoms with Crippen LogP contribution >= 0.6 is 34.7 Å². The molecule has 1 aliphatic rings. The summed E-state index contributed by atoms with van der Waals surface area (Å²) in [5.74, 6) is -0.753. The van der Waals surface area contributed by atoms with Crippen LogP contribution in [0.1, 0.15) is 65.3 Å². The molecular formula is C26H27Cl2N3O3S. The molecule has 2 amide bonds. The van der Waals surface area contributed by atoms with Gasteiger partial charge in [-0.15, -0.1) is 0 Å². The van der Waals surface area contributed by atoms with Crippen molar-refractivity contribution in [3.63, 3.8) is 0 Å². The number of aryl methyl sites for hydroxylation is 1. The number of amides is 2. The minimum absolute atomic E-state index is 0.00295. The summed E-state index contributed by atoms with van der Waals surface area (Å²) in [6.07, 6.45) is 5.07. The van der Waals surface area contributed by atoms with Gasteiger partial charge in [0.1, 0.15) is 21.2 Å². The molecule has 1 aromatic heterocycles. The van der Waals surface area contributed by atoms with Gasteiger partial charge in [0.2, 0.25) is 5.91 Å². The van der Waals surface area contributed by atoms with Crippen LogP contribution in [0.3, 0.4) is 0 Å². The molecule has 0 unspecified atom stereocenters. The first-order valence-electron chi connectivity index (χ1n) is 11.6. The van der Waals surface area contributed by atoms with Gasteiger partial charge >= 0.3 is 0 Å². The van der Waals surface area contributed by atoms with Crippen molar-refractivity contribution in [2.75, 3.05) is 4.90 Å². The molecule has 6 nitrogen and oxygen atoms in total. The van der Waals surface area contributed by atoms with Crippen molar-refractivity contribution in [1.29, 1.82) is 0 Å². The third-order valence-corrected chi connectivity index (χ3v) is 8.13. The Bertz CT molecular complexity index is 1220. The number of hydrogen-bond acceptors (Lipinski definition) is 5. The molecule has 1 saturated carbocycles. The molecule has 3 aromatic rings. The molecule has 4 rings (SSSR count). The molecular weight excluding hydrogens is 505 g/mol. The first-order chi connectivity index (χ1) is 16.8. The van der Waals surface area contributed by atoms with Crippen molar-refractivity contribution in [2.45, 2.75) is 58.0 Å². The van der Waals surface area contributed by atoms with Crippen LogP contribution in [-0.2, 0) is 4.79 Å². The van der Waals surface area contributed by atoms with E-state index in [4.69, 9.17) is 23.2 Å². The Morgan fingerprint density at radius 1 is 1.09 bits per heavy atom. The summed E-state index contributed by atoms with van der Waals surface area (Å²) in [6.45, 7) is 3.86. The van der Waals surface area contributed by atoms with Gasteiger partial charge in [-0.25, -0.2) is 0 Å². The third-order valence-electron chi connectivity index (χ3n) is 6.52. The predicted octanol–water partition coefficient (Wildman–Crippen LogP) is 6.61. The van der Waals surface area contributed by atoms with Crippen LogP contribution in [0.25, 0.3) is 0 Å². The number of phenols is 1. The van der Waals surface area contributed by atoms with E-state index in [1.54, 1.807) is 12.1 Å². The topological polar surface area (TPSA) is 82.5 Å². The minimum Gasteiger partial charge on any atom is -0.508 e. The number of halogens is 2. The molecule has 1 fully saturated rings. The van der Waals surface area contributed by atoms with Crippen molar-refractivity contribution in [3.05, 3.63) is 74.2 Å². The van der Waals surface area contributed by atoms with Crippen molar-refractivity contribution in [3.8, 4) is 5.75 Å². The molecule has 1 atom stereocenters. The average Bonchev–Trinajstić information content (AvgIpc) is 3.18. The maximum atomic E-state index is 14.0. The zero-order valence-electron chi connectivity index (χ0n) is 19.6. The van der Waals surface area contributed by atoms with Gasteiger partial charge in [0.15, 0.2) is 5.69 Å². The number of phenolic OH excluding ortho intramolecular Hbond substituents is 1.